The van der Waals surface area contributed by atoms with Crippen LogP contribution < -0.4 is 4.90 Å². The first-order valence-corrected chi connectivity index (χ1v) is 15.8. The normalized spacial score (nSPS) is 10.9. The Morgan fingerprint density at radius 1 is 0.458 bits per heavy atom. The van der Waals surface area contributed by atoms with E-state index in [9.17, 15) is 14.4 Å². The summed E-state index contributed by atoms with van der Waals surface area (Å²) in [7, 11) is 0. The van der Waals surface area contributed by atoms with Crippen LogP contribution in [0.4, 0.5) is 25.8 Å². The summed E-state index contributed by atoms with van der Waals surface area (Å²) in [5.74, 6) is 0. The van der Waals surface area contributed by atoms with Gasteiger partial charge in [0.25, 0.3) is 0 Å². The van der Waals surface area contributed by atoms with Crippen LogP contribution in [0.5, 0.6) is 0 Å². The first kappa shape index (κ1) is 39.1. The number of amides is 1. The van der Waals surface area contributed by atoms with Gasteiger partial charge in [0.15, 0.2) is 0 Å². The smallest absolute Gasteiger partial charge is 0.443 e. The number of ether oxygens (including phenoxy) is 4. The summed E-state index contributed by atoms with van der Waals surface area (Å²) >= 11 is 0. The van der Waals surface area contributed by atoms with E-state index in [0.717, 1.165) is 17.8 Å². The van der Waals surface area contributed by atoms with Gasteiger partial charge in [-0.3, -0.25) is 0 Å². The number of hydrogen-bond donors (Lipinski definition) is 0. The van der Waals surface area contributed by atoms with Crippen LogP contribution in [0.1, 0.15) is 73.4 Å². The highest BCUT2D eigenvalue weighted by atomic mass is 16.8. The van der Waals surface area contributed by atoms with Crippen molar-refractivity contribution >= 4 is 29.8 Å². The first-order chi connectivity index (χ1) is 22.4. The Kier molecular flexibility index (Phi) is 14.9. The van der Waals surface area contributed by atoms with Crippen LogP contribution in [0.3, 0.4) is 0 Å². The van der Waals surface area contributed by atoms with E-state index in [1.165, 1.54) is 11.1 Å². The molecule has 4 aromatic carbocycles. The van der Waals surface area contributed by atoms with Crippen molar-refractivity contribution in [2.75, 3.05) is 4.90 Å². The Hall–Kier alpha value is -5.11. The third-order valence-electron chi connectivity index (χ3n) is 5.64. The summed E-state index contributed by atoms with van der Waals surface area (Å²) in [5, 5.41) is 0. The fraction of sp³-hybridized carbons (Fsp3) is 0.325. The second kappa shape index (κ2) is 18.3. The van der Waals surface area contributed by atoms with Gasteiger partial charge < -0.3 is 18.9 Å². The molecule has 0 atom stereocenters. The van der Waals surface area contributed by atoms with Gasteiger partial charge >= 0.3 is 18.4 Å². The lowest BCUT2D eigenvalue weighted by Crippen LogP contribution is -2.33. The highest BCUT2D eigenvalue weighted by Gasteiger charge is 2.25. The third-order valence-corrected chi connectivity index (χ3v) is 5.64. The Morgan fingerprint density at radius 2 is 0.750 bits per heavy atom. The summed E-state index contributed by atoms with van der Waals surface area (Å²) in [6.45, 7) is 15.6. The van der Waals surface area contributed by atoms with E-state index in [4.69, 9.17) is 14.2 Å². The van der Waals surface area contributed by atoms with Crippen LogP contribution in [0.25, 0.3) is 0 Å². The molecule has 0 N–H and O–H groups in total. The lowest BCUT2D eigenvalue weighted by molar-refractivity contribution is -0.0294. The molecule has 4 rings (SSSR count). The predicted molar refractivity (Wildman–Crippen MR) is 190 cm³/mol. The Labute approximate surface area is 285 Å². The van der Waals surface area contributed by atoms with Crippen molar-refractivity contribution < 1.29 is 33.3 Å². The molecule has 0 spiro atoms. The zero-order valence-electron chi connectivity index (χ0n) is 29.6. The van der Waals surface area contributed by atoms with Crippen molar-refractivity contribution in [2.24, 2.45) is 0 Å². The molecule has 0 aromatic heterocycles. The first-order valence-electron chi connectivity index (χ1n) is 15.8. The Balaban J connectivity index is 0.000000257. The Morgan fingerprint density at radius 3 is 1.04 bits per heavy atom. The molecule has 0 fully saturated rings. The van der Waals surface area contributed by atoms with Gasteiger partial charge in [0.1, 0.15) is 16.8 Å². The molecule has 0 unspecified atom stereocenters. The van der Waals surface area contributed by atoms with E-state index in [1.54, 1.807) is 46.4 Å². The van der Waals surface area contributed by atoms with Crippen LogP contribution in [-0.4, -0.2) is 35.2 Å². The number of carbonyl (C=O) groups excluding carboxylic acids is 3. The van der Waals surface area contributed by atoms with Gasteiger partial charge in [0, 0.05) is 0 Å². The second-order valence-corrected chi connectivity index (χ2v) is 13.7. The van der Waals surface area contributed by atoms with E-state index in [0.29, 0.717) is 0 Å². The number of para-hydroxylation sites is 2. The summed E-state index contributed by atoms with van der Waals surface area (Å²) in [5.41, 5.74) is 2.39. The minimum Gasteiger partial charge on any atom is -0.443 e. The fourth-order valence-electron chi connectivity index (χ4n) is 3.86. The molecule has 48 heavy (non-hydrogen) atoms. The average Bonchev–Trinajstić information content (AvgIpc) is 2.97. The van der Waals surface area contributed by atoms with Crippen molar-refractivity contribution in [1.29, 1.82) is 0 Å². The molecule has 0 heterocycles. The van der Waals surface area contributed by atoms with Crippen molar-refractivity contribution in [3.05, 3.63) is 132 Å². The number of carbonyl (C=O) groups is 3. The molecular weight excluding hydrogens is 606 g/mol. The van der Waals surface area contributed by atoms with Gasteiger partial charge in [-0.2, -0.15) is 0 Å². The molecule has 4 aromatic rings. The van der Waals surface area contributed by atoms with Crippen LogP contribution in [0.15, 0.2) is 121 Å². The third kappa shape index (κ3) is 17.0. The molecule has 0 saturated heterocycles. The van der Waals surface area contributed by atoms with E-state index in [1.807, 2.05) is 81.4 Å². The lowest BCUT2D eigenvalue weighted by atomic mass is 10.1. The van der Waals surface area contributed by atoms with Gasteiger partial charge in [0.2, 0.25) is 0 Å². The minimum absolute atomic E-state index is 0.380. The van der Waals surface area contributed by atoms with E-state index in [-0.39, 0.29) is 6.09 Å². The zero-order valence-corrected chi connectivity index (χ0v) is 29.6. The molecule has 8 heteroatoms. The number of rotatable bonds is 4. The lowest BCUT2D eigenvalue weighted by Gasteiger charge is -2.27. The number of anilines is 2. The molecule has 1 amide bonds. The monoisotopic (exact) mass is 655 g/mol. The SMILES string of the molecule is CC(C)(C)OC(=O)N(c1ccccc1)c1ccccc1.CC(C)(C)OC(=O)OC(=O)OC(C)(C)C.c1ccc(Cc2ccccc2)cc1. The Bertz CT molecular complexity index is 1420. The summed E-state index contributed by atoms with van der Waals surface area (Å²) in [6, 6.07) is 40.0. The zero-order chi connectivity index (χ0) is 35.8. The number of hydrogen-bond acceptors (Lipinski definition) is 7. The predicted octanol–water partition coefficient (Wildman–Crippen LogP) is 10.9. The average molecular weight is 656 g/mol. The summed E-state index contributed by atoms with van der Waals surface area (Å²) in [4.78, 5) is 36.1. The van der Waals surface area contributed by atoms with E-state index < -0.39 is 29.1 Å². The van der Waals surface area contributed by atoms with E-state index in [2.05, 4.69) is 65.4 Å². The van der Waals surface area contributed by atoms with E-state index >= 15 is 0 Å². The minimum atomic E-state index is -1.06. The molecule has 0 aliphatic heterocycles. The highest BCUT2D eigenvalue weighted by molar-refractivity contribution is 5.96. The highest BCUT2D eigenvalue weighted by Crippen LogP contribution is 2.27. The van der Waals surface area contributed by atoms with Gasteiger partial charge in [-0.05, 0) is 104 Å². The van der Waals surface area contributed by atoms with Crippen molar-refractivity contribution in [1.82, 2.24) is 0 Å². The van der Waals surface area contributed by atoms with Crippen molar-refractivity contribution in [3.63, 3.8) is 0 Å². The molecule has 8 nitrogen and oxygen atoms in total. The van der Waals surface area contributed by atoms with Gasteiger partial charge in [-0.1, -0.05) is 97.1 Å². The molecule has 0 aliphatic carbocycles. The van der Waals surface area contributed by atoms with Crippen LogP contribution in [0, 0.1) is 0 Å². The maximum absolute atomic E-state index is 12.5. The summed E-state index contributed by atoms with van der Waals surface area (Å²) < 4.78 is 19.3. The van der Waals surface area contributed by atoms with Crippen LogP contribution in [-0.2, 0) is 25.4 Å². The molecule has 0 saturated carbocycles. The summed E-state index contributed by atoms with van der Waals surface area (Å²) in [6.07, 6.45) is -1.47. The molecular formula is C40H49NO7. The molecule has 0 bridgehead atoms. The van der Waals surface area contributed by atoms with Crippen LogP contribution >= 0.6 is 0 Å². The molecule has 0 radical (unpaired) electrons. The molecule has 0 aliphatic rings. The quantitative estimate of drug-likeness (QED) is 0.123. The molecule has 256 valence electrons. The topological polar surface area (TPSA) is 91.4 Å². The number of nitrogens with zero attached hydrogens (tertiary/aromatic N) is 1. The van der Waals surface area contributed by atoms with Crippen LogP contribution in [0.2, 0.25) is 0 Å². The maximum Gasteiger partial charge on any atom is 0.519 e. The standard InChI is InChI=1S/C17H19NO2.C13H12.C10H18O5/c1-17(2,3)20-16(19)18(14-10-6-4-7-11-14)15-12-8-5-9-13-15;1-3-7-12(8-4-1)11-13-9-5-2-6-10-13;1-9(2,3)14-7(11)13-8(12)15-10(4,5)6/h4-13H,1-3H3;1-10H,11H2;1-6H3. The second-order valence-electron chi connectivity index (χ2n) is 13.7. The largest absolute Gasteiger partial charge is 0.519 e. The van der Waals surface area contributed by atoms with Gasteiger partial charge in [-0.15, -0.1) is 0 Å². The fourth-order valence-corrected chi connectivity index (χ4v) is 3.86. The van der Waals surface area contributed by atoms with Crippen molar-refractivity contribution in [2.45, 2.75) is 85.5 Å². The maximum atomic E-state index is 12.5. The number of benzene rings is 4. The van der Waals surface area contributed by atoms with Gasteiger partial charge in [0.05, 0.1) is 11.4 Å². The van der Waals surface area contributed by atoms with Gasteiger partial charge in [-0.25, -0.2) is 19.3 Å². The van der Waals surface area contributed by atoms with Crippen molar-refractivity contribution in [3.8, 4) is 0 Å².